The van der Waals surface area contributed by atoms with Crippen molar-refractivity contribution in [3.63, 3.8) is 0 Å². The van der Waals surface area contributed by atoms with Crippen LogP contribution in [0.1, 0.15) is 35.4 Å². The molecular weight excluding hydrogens is 596 g/mol. The number of phenolic OH excluding ortho intramolecular Hbond substituents is 1. The largest absolute Gasteiger partial charge is 0.508 e. The van der Waals surface area contributed by atoms with Crippen LogP contribution in [0.5, 0.6) is 5.75 Å². The lowest BCUT2D eigenvalue weighted by Gasteiger charge is -2.50. The standard InChI is InChI=1S/C35H29ClN2O7/c1-18-15-19(11-14-27(18)39)29-23-12-13-24-28(32(42)38(30(24)40)34(44)45-2)25(23)17-26-31(41)37(22-10-6-9-21(36)16-22)33(43)35(26,29)20-7-4-3-5-8-20/h3-12,14-16,24-26,28-29,39H,13,17H2,1-2H3. The lowest BCUT2D eigenvalue weighted by molar-refractivity contribution is -0.138. The van der Waals surface area contributed by atoms with Crippen LogP contribution in [0.15, 0.2) is 84.4 Å². The Bertz CT molecular complexity index is 1840. The Kier molecular flexibility index (Phi) is 6.70. The van der Waals surface area contributed by atoms with E-state index in [2.05, 4.69) is 0 Å². The number of halogens is 1. The number of rotatable bonds is 3. The number of amides is 5. The SMILES string of the molecule is COC(=O)N1C(=O)C2CC=C3C(CC4C(=O)N(c5cccc(Cl)c5)C(=O)C4(c4ccccc4)C3c3ccc(O)c(C)c3)C2C1=O. The molecule has 1 saturated carbocycles. The maximum atomic E-state index is 15.1. The molecule has 0 bridgehead atoms. The summed E-state index contributed by atoms with van der Waals surface area (Å²) in [6.45, 7) is 1.75. The van der Waals surface area contributed by atoms with Gasteiger partial charge < -0.3 is 9.84 Å². The second kappa shape index (κ2) is 10.4. The van der Waals surface area contributed by atoms with E-state index in [0.29, 0.717) is 32.3 Å². The van der Waals surface area contributed by atoms with Crippen molar-refractivity contribution in [3.05, 3.63) is 106 Å². The molecular formula is C35H29ClN2O7. The van der Waals surface area contributed by atoms with E-state index in [1.807, 2.05) is 36.4 Å². The van der Waals surface area contributed by atoms with Gasteiger partial charge in [0.25, 0.3) is 0 Å². The third-order valence-electron chi connectivity index (χ3n) is 10.1. The van der Waals surface area contributed by atoms with Crippen molar-refractivity contribution in [3.8, 4) is 5.75 Å². The van der Waals surface area contributed by atoms with Crippen molar-refractivity contribution in [1.29, 1.82) is 0 Å². The number of carbonyl (C=O) groups excluding carboxylic acids is 5. The summed E-state index contributed by atoms with van der Waals surface area (Å²) in [7, 11) is 1.11. The van der Waals surface area contributed by atoms with Crippen LogP contribution in [0, 0.1) is 30.6 Å². The van der Waals surface area contributed by atoms with Gasteiger partial charge in [-0.3, -0.25) is 19.2 Å². The number of anilines is 1. The van der Waals surface area contributed by atoms with Gasteiger partial charge in [0.05, 0.1) is 36.0 Å². The van der Waals surface area contributed by atoms with Gasteiger partial charge in [0.2, 0.25) is 23.6 Å². The van der Waals surface area contributed by atoms with Crippen LogP contribution in [0.4, 0.5) is 10.5 Å². The molecule has 5 amide bonds. The number of aromatic hydroxyl groups is 1. The lowest BCUT2D eigenvalue weighted by atomic mass is 9.49. The number of imide groups is 4. The van der Waals surface area contributed by atoms with Gasteiger partial charge >= 0.3 is 6.09 Å². The maximum absolute atomic E-state index is 15.1. The molecule has 0 radical (unpaired) electrons. The molecule has 228 valence electrons. The molecule has 2 aliphatic carbocycles. The first-order valence-electron chi connectivity index (χ1n) is 14.8. The summed E-state index contributed by atoms with van der Waals surface area (Å²) in [5.74, 6) is -6.06. The van der Waals surface area contributed by atoms with Gasteiger partial charge in [-0.2, -0.15) is 4.90 Å². The fourth-order valence-electron chi connectivity index (χ4n) is 8.25. The normalized spacial score (nSPS) is 28.9. The van der Waals surface area contributed by atoms with Gasteiger partial charge in [-0.05, 0) is 66.6 Å². The van der Waals surface area contributed by atoms with Crippen LogP contribution in [0.25, 0.3) is 0 Å². The zero-order valence-electron chi connectivity index (χ0n) is 24.5. The first-order valence-corrected chi connectivity index (χ1v) is 15.1. The fourth-order valence-corrected chi connectivity index (χ4v) is 8.43. The summed E-state index contributed by atoms with van der Waals surface area (Å²) in [4.78, 5) is 71.2. The Hall–Kier alpha value is -4.76. The molecule has 7 rings (SSSR count). The van der Waals surface area contributed by atoms with Crippen LogP contribution >= 0.6 is 11.6 Å². The van der Waals surface area contributed by atoms with Crippen molar-refractivity contribution < 1.29 is 33.8 Å². The molecule has 45 heavy (non-hydrogen) atoms. The minimum Gasteiger partial charge on any atom is -0.508 e. The van der Waals surface area contributed by atoms with Gasteiger partial charge in [-0.1, -0.05) is 71.8 Å². The molecule has 10 heteroatoms. The molecule has 6 unspecified atom stereocenters. The number of fused-ring (bicyclic) bond motifs is 4. The van der Waals surface area contributed by atoms with Crippen LogP contribution < -0.4 is 4.90 Å². The quantitative estimate of drug-likeness (QED) is 0.311. The van der Waals surface area contributed by atoms with Gasteiger partial charge in [0, 0.05) is 10.9 Å². The number of hydrogen-bond donors (Lipinski definition) is 1. The minimum absolute atomic E-state index is 0.0776. The van der Waals surface area contributed by atoms with E-state index in [1.165, 1.54) is 4.90 Å². The molecule has 2 aliphatic heterocycles. The molecule has 1 N–H and O–H groups in total. The number of allylic oxidation sites excluding steroid dienone is 2. The van der Waals surface area contributed by atoms with E-state index < -0.39 is 64.7 Å². The predicted octanol–water partition coefficient (Wildman–Crippen LogP) is 5.28. The Morgan fingerprint density at radius 1 is 0.933 bits per heavy atom. The van der Waals surface area contributed by atoms with Gasteiger partial charge in [0.1, 0.15) is 5.75 Å². The highest BCUT2D eigenvalue weighted by Gasteiger charge is 2.70. The monoisotopic (exact) mass is 624 g/mol. The topological polar surface area (TPSA) is 121 Å². The number of ether oxygens (including phenoxy) is 1. The Morgan fingerprint density at radius 2 is 1.69 bits per heavy atom. The van der Waals surface area contributed by atoms with Crippen molar-refractivity contribution in [2.75, 3.05) is 12.0 Å². The molecule has 3 aromatic carbocycles. The molecule has 0 spiro atoms. The smallest absolute Gasteiger partial charge is 0.423 e. The van der Waals surface area contributed by atoms with Gasteiger partial charge in [0.15, 0.2) is 0 Å². The van der Waals surface area contributed by atoms with E-state index in [1.54, 1.807) is 49.4 Å². The van der Waals surface area contributed by atoms with E-state index in [4.69, 9.17) is 16.3 Å². The average molecular weight is 625 g/mol. The highest BCUT2D eigenvalue weighted by atomic mass is 35.5. The average Bonchev–Trinajstić information content (AvgIpc) is 3.43. The number of aryl methyl sites for hydroxylation is 1. The summed E-state index contributed by atoms with van der Waals surface area (Å²) in [5.41, 5.74) is 1.57. The molecule has 2 saturated heterocycles. The summed E-state index contributed by atoms with van der Waals surface area (Å²) >= 11 is 6.33. The van der Waals surface area contributed by atoms with E-state index in [0.717, 1.165) is 12.7 Å². The fraction of sp³-hybridized carbons (Fsp3) is 0.286. The molecule has 0 aromatic heterocycles. The number of likely N-dealkylation sites (tertiary alicyclic amines) is 1. The third kappa shape index (κ3) is 3.96. The number of methoxy groups -OCH3 is 1. The zero-order chi connectivity index (χ0) is 31.8. The number of nitrogens with zero attached hydrogens (tertiary/aromatic N) is 2. The predicted molar refractivity (Wildman–Crippen MR) is 163 cm³/mol. The Labute approximate surface area is 264 Å². The van der Waals surface area contributed by atoms with Crippen molar-refractivity contribution >= 4 is 47.0 Å². The van der Waals surface area contributed by atoms with Crippen LogP contribution in [-0.4, -0.2) is 46.8 Å². The van der Waals surface area contributed by atoms with Crippen molar-refractivity contribution in [2.45, 2.75) is 31.1 Å². The highest BCUT2D eigenvalue weighted by Crippen LogP contribution is 2.64. The highest BCUT2D eigenvalue weighted by molar-refractivity contribution is 6.32. The van der Waals surface area contributed by atoms with Gasteiger partial charge in [-0.15, -0.1) is 0 Å². The van der Waals surface area contributed by atoms with Crippen LogP contribution in [0.2, 0.25) is 5.02 Å². The molecule has 4 aliphatic rings. The molecule has 3 aromatic rings. The Balaban J connectivity index is 1.49. The number of benzene rings is 3. The van der Waals surface area contributed by atoms with Crippen molar-refractivity contribution in [2.24, 2.45) is 23.7 Å². The molecule has 9 nitrogen and oxygen atoms in total. The van der Waals surface area contributed by atoms with E-state index in [9.17, 15) is 24.3 Å². The molecule has 2 heterocycles. The van der Waals surface area contributed by atoms with Crippen LogP contribution in [0.3, 0.4) is 0 Å². The first kappa shape index (κ1) is 29.0. The van der Waals surface area contributed by atoms with E-state index in [-0.39, 0.29) is 18.6 Å². The molecule has 3 fully saturated rings. The summed E-state index contributed by atoms with van der Waals surface area (Å²) in [6, 6.07) is 20.8. The van der Waals surface area contributed by atoms with Crippen LogP contribution in [-0.2, 0) is 29.3 Å². The first-order chi connectivity index (χ1) is 21.6. The second-order valence-electron chi connectivity index (χ2n) is 12.1. The number of phenols is 1. The summed E-state index contributed by atoms with van der Waals surface area (Å²) in [6.07, 6.45) is 1.15. The zero-order valence-corrected chi connectivity index (χ0v) is 25.2. The summed E-state index contributed by atoms with van der Waals surface area (Å²) in [5, 5.41) is 10.8. The molecule has 6 atom stereocenters. The van der Waals surface area contributed by atoms with E-state index >= 15 is 4.79 Å². The van der Waals surface area contributed by atoms with Gasteiger partial charge in [-0.25, -0.2) is 9.69 Å². The maximum Gasteiger partial charge on any atom is 0.423 e. The van der Waals surface area contributed by atoms with Crippen molar-refractivity contribution in [1.82, 2.24) is 4.90 Å². The number of hydrogen-bond acceptors (Lipinski definition) is 7. The third-order valence-corrected chi connectivity index (χ3v) is 10.3. The minimum atomic E-state index is -1.42. The second-order valence-corrected chi connectivity index (χ2v) is 12.6. The summed E-state index contributed by atoms with van der Waals surface area (Å²) < 4.78 is 4.77. The Morgan fingerprint density at radius 3 is 2.38 bits per heavy atom. The number of carbonyl (C=O) groups is 5. The lowest BCUT2D eigenvalue weighted by Crippen LogP contribution is -2.53.